The van der Waals surface area contributed by atoms with Crippen LogP contribution in [0.3, 0.4) is 0 Å². The largest absolute Gasteiger partial charge is 0.383 e. The Balaban J connectivity index is 1.98. The third-order valence-electron chi connectivity index (χ3n) is 5.48. The van der Waals surface area contributed by atoms with E-state index in [1.165, 1.54) is 12.1 Å². The zero-order valence-electron chi connectivity index (χ0n) is 19.7. The van der Waals surface area contributed by atoms with E-state index in [1.807, 2.05) is 37.2 Å². The van der Waals surface area contributed by atoms with Crippen LogP contribution in [0.25, 0.3) is 28.2 Å². The highest BCUT2D eigenvalue weighted by atomic mass is 19.1. The number of anilines is 2. The molecule has 0 bridgehead atoms. The van der Waals surface area contributed by atoms with Crippen molar-refractivity contribution in [2.75, 3.05) is 45.0 Å². The second-order valence-corrected chi connectivity index (χ2v) is 8.03. The van der Waals surface area contributed by atoms with Gasteiger partial charge in [-0.3, -0.25) is 14.2 Å². The smallest absolute Gasteiger partial charge is 0.271 e. The van der Waals surface area contributed by atoms with Gasteiger partial charge >= 0.3 is 0 Å². The van der Waals surface area contributed by atoms with Crippen LogP contribution in [0.5, 0.6) is 0 Å². The van der Waals surface area contributed by atoms with Crippen LogP contribution in [-0.4, -0.2) is 61.4 Å². The molecule has 4 aromatic rings. The van der Waals surface area contributed by atoms with Gasteiger partial charge in [0.1, 0.15) is 11.5 Å². The van der Waals surface area contributed by atoms with E-state index in [2.05, 4.69) is 27.0 Å². The molecule has 2 heterocycles. The van der Waals surface area contributed by atoms with Crippen molar-refractivity contribution in [3.63, 3.8) is 0 Å². The van der Waals surface area contributed by atoms with Crippen LogP contribution in [0.2, 0.25) is 0 Å². The lowest BCUT2D eigenvalue weighted by Gasteiger charge is -2.18. The third-order valence-corrected chi connectivity index (χ3v) is 5.48. The number of nitrogens with one attached hydrogen (secondary N) is 1. The van der Waals surface area contributed by atoms with Gasteiger partial charge in [0, 0.05) is 45.1 Å². The number of methoxy groups -OCH3 is 1. The predicted molar refractivity (Wildman–Crippen MR) is 136 cm³/mol. The van der Waals surface area contributed by atoms with Gasteiger partial charge < -0.3 is 20.7 Å². The summed E-state index contributed by atoms with van der Waals surface area (Å²) >= 11 is 0. The number of rotatable bonds is 8. The second-order valence-electron chi connectivity index (χ2n) is 8.03. The fourth-order valence-electron chi connectivity index (χ4n) is 3.78. The molecule has 0 aliphatic heterocycles. The lowest BCUT2D eigenvalue weighted by atomic mass is 10.0. The summed E-state index contributed by atoms with van der Waals surface area (Å²) < 4.78 is 20.4. The molecular formula is C25H26FN7O2. The molecule has 0 spiro atoms. The average Bonchev–Trinajstić information content (AvgIpc) is 3.30. The SMILES string of the molecule is C=Nc1ccc(-c2c(-c3ccc(F)cc3)nc(N)c3nc(C(=O)NCCOC)cn23)cc1N(C)C. The van der Waals surface area contributed by atoms with E-state index in [0.29, 0.717) is 41.4 Å². The number of fused-ring (bicyclic) bond motifs is 1. The summed E-state index contributed by atoms with van der Waals surface area (Å²) in [6.07, 6.45) is 1.62. The highest BCUT2D eigenvalue weighted by Gasteiger charge is 2.21. The van der Waals surface area contributed by atoms with Crippen molar-refractivity contribution in [1.29, 1.82) is 0 Å². The van der Waals surface area contributed by atoms with E-state index in [4.69, 9.17) is 10.5 Å². The number of imidazole rings is 1. The highest BCUT2D eigenvalue weighted by molar-refractivity contribution is 5.94. The molecule has 10 heteroatoms. The average molecular weight is 476 g/mol. The van der Waals surface area contributed by atoms with E-state index >= 15 is 0 Å². The molecule has 35 heavy (non-hydrogen) atoms. The van der Waals surface area contributed by atoms with Crippen LogP contribution in [0.1, 0.15) is 10.5 Å². The van der Waals surface area contributed by atoms with Crippen LogP contribution >= 0.6 is 0 Å². The van der Waals surface area contributed by atoms with Gasteiger partial charge in [-0.15, -0.1) is 0 Å². The van der Waals surface area contributed by atoms with Crippen LogP contribution < -0.4 is 16.0 Å². The molecule has 0 aliphatic rings. The Bertz CT molecular complexity index is 1400. The maximum Gasteiger partial charge on any atom is 0.271 e. The van der Waals surface area contributed by atoms with Crippen molar-refractivity contribution < 1.29 is 13.9 Å². The summed E-state index contributed by atoms with van der Waals surface area (Å²) in [6.45, 7) is 4.37. The zero-order valence-corrected chi connectivity index (χ0v) is 19.7. The van der Waals surface area contributed by atoms with Crippen molar-refractivity contribution in [3.8, 4) is 22.5 Å². The number of carbonyl (C=O) groups excluding carboxylic acids is 1. The summed E-state index contributed by atoms with van der Waals surface area (Å²) in [7, 11) is 5.37. The Morgan fingerprint density at radius 1 is 1.20 bits per heavy atom. The van der Waals surface area contributed by atoms with Crippen LogP contribution in [0.4, 0.5) is 21.6 Å². The number of carbonyl (C=O) groups is 1. The molecule has 0 radical (unpaired) electrons. The molecule has 4 rings (SSSR count). The Labute approximate surface area is 202 Å². The maximum absolute atomic E-state index is 13.7. The molecule has 3 N–H and O–H groups in total. The molecule has 0 unspecified atom stereocenters. The first-order chi connectivity index (χ1) is 16.8. The lowest BCUT2D eigenvalue weighted by molar-refractivity contribution is 0.0932. The van der Waals surface area contributed by atoms with Gasteiger partial charge in [-0.25, -0.2) is 14.4 Å². The second kappa shape index (κ2) is 9.90. The topological polar surface area (TPSA) is 110 Å². The lowest BCUT2D eigenvalue weighted by Crippen LogP contribution is -2.27. The van der Waals surface area contributed by atoms with Crippen LogP contribution in [-0.2, 0) is 4.74 Å². The summed E-state index contributed by atoms with van der Waals surface area (Å²) in [4.78, 5) is 27.8. The quantitative estimate of drug-likeness (QED) is 0.298. The van der Waals surface area contributed by atoms with E-state index < -0.39 is 0 Å². The first-order valence-electron chi connectivity index (χ1n) is 10.8. The van der Waals surface area contributed by atoms with Gasteiger partial charge in [0.15, 0.2) is 11.5 Å². The summed E-state index contributed by atoms with van der Waals surface area (Å²) in [5, 5.41) is 2.76. The van der Waals surface area contributed by atoms with Gasteiger partial charge in [-0.1, -0.05) is 6.07 Å². The number of aliphatic imine (C=N–C) groups is 1. The highest BCUT2D eigenvalue weighted by Crippen LogP contribution is 2.38. The van der Waals surface area contributed by atoms with Gasteiger partial charge in [0.25, 0.3) is 5.91 Å². The fraction of sp³-hybridized carbons (Fsp3) is 0.200. The molecule has 180 valence electrons. The van der Waals surface area contributed by atoms with Crippen molar-refractivity contribution in [2.45, 2.75) is 0 Å². The monoisotopic (exact) mass is 475 g/mol. The summed E-state index contributed by atoms with van der Waals surface area (Å²) in [6, 6.07) is 11.7. The van der Waals surface area contributed by atoms with Gasteiger partial charge in [-0.05, 0) is 43.1 Å². The Kier molecular flexibility index (Phi) is 6.74. The molecule has 0 saturated carbocycles. The molecule has 2 aromatic carbocycles. The number of nitrogens with two attached hydrogens (primary N) is 1. The first kappa shape index (κ1) is 23.8. The van der Waals surface area contributed by atoms with E-state index in [0.717, 1.165) is 11.3 Å². The number of aromatic nitrogens is 3. The number of nitrogen functional groups attached to an aromatic ring is 1. The van der Waals surface area contributed by atoms with Crippen LogP contribution in [0.15, 0.2) is 53.7 Å². The molecule has 2 aromatic heterocycles. The molecule has 0 atom stereocenters. The van der Waals surface area contributed by atoms with Gasteiger partial charge in [0.05, 0.1) is 29.4 Å². The summed E-state index contributed by atoms with van der Waals surface area (Å²) in [5.74, 6) is -0.584. The Hall–Kier alpha value is -4.31. The molecule has 1 amide bonds. The number of amides is 1. The Morgan fingerprint density at radius 3 is 2.57 bits per heavy atom. The minimum atomic E-state index is -0.363. The Morgan fingerprint density at radius 2 is 1.91 bits per heavy atom. The van der Waals surface area contributed by atoms with Crippen molar-refractivity contribution in [2.24, 2.45) is 4.99 Å². The fourth-order valence-corrected chi connectivity index (χ4v) is 3.78. The van der Waals surface area contributed by atoms with Crippen LogP contribution in [0, 0.1) is 5.82 Å². The number of ether oxygens (including phenoxy) is 1. The van der Waals surface area contributed by atoms with Crippen molar-refractivity contribution >= 4 is 35.5 Å². The molecule has 0 fully saturated rings. The number of halogens is 1. The minimum Gasteiger partial charge on any atom is -0.383 e. The predicted octanol–water partition coefficient (Wildman–Crippen LogP) is 3.56. The van der Waals surface area contributed by atoms with E-state index in [-0.39, 0.29) is 23.2 Å². The summed E-state index contributed by atoms with van der Waals surface area (Å²) in [5.41, 5.74) is 10.9. The van der Waals surface area contributed by atoms with Gasteiger partial charge in [-0.2, -0.15) is 0 Å². The van der Waals surface area contributed by atoms with Crippen molar-refractivity contribution in [1.82, 2.24) is 19.7 Å². The van der Waals surface area contributed by atoms with E-state index in [9.17, 15) is 9.18 Å². The molecule has 9 nitrogen and oxygen atoms in total. The van der Waals surface area contributed by atoms with Crippen molar-refractivity contribution in [3.05, 3.63) is 60.2 Å². The normalized spacial score (nSPS) is 11.0. The van der Waals surface area contributed by atoms with E-state index in [1.54, 1.807) is 29.8 Å². The molecular weight excluding hydrogens is 449 g/mol. The standard InChI is InChI=1S/C25H26FN7O2/c1-28-18-10-7-16(13-20(18)32(2)3)22-21(15-5-8-17(26)9-6-15)31-23(27)24-30-19(14-33(22)24)25(34)29-11-12-35-4/h5-10,13-14H,1,11-12H2,2-4H3,(H2,27,31)(H,29,34). The van der Waals surface area contributed by atoms with Gasteiger partial charge in [0.2, 0.25) is 0 Å². The third kappa shape index (κ3) is 4.69. The number of benzene rings is 2. The minimum absolute atomic E-state index is 0.140. The first-order valence-corrected chi connectivity index (χ1v) is 10.8. The number of nitrogens with zero attached hydrogens (tertiary/aromatic N) is 5. The maximum atomic E-state index is 13.7. The molecule has 0 saturated heterocycles. The zero-order chi connectivity index (χ0) is 25.1. The number of hydrogen-bond acceptors (Lipinski definition) is 7. The molecule has 0 aliphatic carbocycles. The number of hydrogen-bond donors (Lipinski definition) is 2.